The Kier molecular flexibility index (Phi) is 4.70. The molecule has 1 atom stereocenters. The van der Waals surface area contributed by atoms with Crippen LogP contribution in [-0.2, 0) is 0 Å². The summed E-state index contributed by atoms with van der Waals surface area (Å²) in [5.41, 5.74) is -0.101. The lowest BCUT2D eigenvalue weighted by molar-refractivity contribution is 0.0881. The summed E-state index contributed by atoms with van der Waals surface area (Å²) in [6.07, 6.45) is 4.67. The fourth-order valence-electron chi connectivity index (χ4n) is 1.99. The van der Waals surface area contributed by atoms with E-state index in [1.807, 2.05) is 13.8 Å². The number of rotatable bonds is 6. The van der Waals surface area contributed by atoms with Crippen molar-refractivity contribution in [2.75, 3.05) is 6.61 Å². The van der Waals surface area contributed by atoms with E-state index in [1.165, 1.54) is 0 Å². The number of hydrogen-bond donors (Lipinski definition) is 2. The van der Waals surface area contributed by atoms with Gasteiger partial charge in [-0.25, -0.2) is 9.67 Å². The Hall–Kier alpha value is -2.21. The molecule has 2 rings (SSSR count). The maximum atomic E-state index is 12.3. The van der Waals surface area contributed by atoms with Crippen molar-refractivity contribution < 1.29 is 9.90 Å². The van der Waals surface area contributed by atoms with Crippen LogP contribution in [0.1, 0.15) is 37.2 Å². The van der Waals surface area contributed by atoms with Crippen LogP contribution in [-0.4, -0.2) is 37.9 Å². The Morgan fingerprint density at radius 1 is 1.43 bits per heavy atom. The Labute approximate surface area is 123 Å². The van der Waals surface area contributed by atoms with Gasteiger partial charge in [0.1, 0.15) is 5.69 Å². The Balaban J connectivity index is 2.18. The van der Waals surface area contributed by atoms with Crippen molar-refractivity contribution in [3.8, 4) is 5.82 Å². The Bertz CT molecular complexity index is 597. The molecule has 0 saturated carbocycles. The topological polar surface area (TPSA) is 80.0 Å². The van der Waals surface area contributed by atoms with Crippen LogP contribution in [0, 0.1) is 0 Å². The maximum absolute atomic E-state index is 12.3. The number of nitrogens with one attached hydrogen (secondary N) is 1. The van der Waals surface area contributed by atoms with Gasteiger partial charge < -0.3 is 10.4 Å². The van der Waals surface area contributed by atoms with Gasteiger partial charge in [0.2, 0.25) is 0 Å². The molecule has 2 N–H and O–H groups in total. The molecular weight excluding hydrogens is 268 g/mol. The lowest BCUT2D eigenvalue weighted by Gasteiger charge is -2.28. The molecular formula is C15H20N4O2. The van der Waals surface area contributed by atoms with Crippen molar-refractivity contribution >= 4 is 5.91 Å². The average molecular weight is 288 g/mol. The van der Waals surface area contributed by atoms with Gasteiger partial charge in [0.05, 0.1) is 0 Å². The third kappa shape index (κ3) is 3.66. The van der Waals surface area contributed by atoms with Gasteiger partial charge in [-0.1, -0.05) is 13.0 Å². The summed E-state index contributed by atoms with van der Waals surface area (Å²) in [7, 11) is 0. The zero-order valence-corrected chi connectivity index (χ0v) is 12.3. The van der Waals surface area contributed by atoms with E-state index in [2.05, 4.69) is 15.4 Å². The molecule has 1 unspecified atom stereocenters. The van der Waals surface area contributed by atoms with E-state index < -0.39 is 5.54 Å². The van der Waals surface area contributed by atoms with E-state index in [0.29, 0.717) is 17.9 Å². The third-order valence-electron chi connectivity index (χ3n) is 3.57. The minimum atomic E-state index is -0.435. The first-order chi connectivity index (χ1) is 10.1. The van der Waals surface area contributed by atoms with Crippen molar-refractivity contribution in [1.29, 1.82) is 0 Å². The predicted molar refractivity (Wildman–Crippen MR) is 79.2 cm³/mol. The number of carbonyl (C=O) groups is 1. The highest BCUT2D eigenvalue weighted by molar-refractivity contribution is 5.92. The average Bonchev–Trinajstić information content (AvgIpc) is 3.02. The highest BCUT2D eigenvalue weighted by atomic mass is 16.3. The smallest absolute Gasteiger partial charge is 0.270 e. The number of nitrogens with zero attached hydrogens (tertiary/aromatic N) is 3. The number of aliphatic hydroxyl groups is 1. The molecule has 2 heterocycles. The molecule has 0 aliphatic heterocycles. The second-order valence-corrected chi connectivity index (χ2v) is 5.17. The monoisotopic (exact) mass is 288 g/mol. The number of amides is 1. The summed E-state index contributed by atoms with van der Waals surface area (Å²) in [6.45, 7) is 3.92. The van der Waals surface area contributed by atoms with Crippen LogP contribution < -0.4 is 5.32 Å². The van der Waals surface area contributed by atoms with E-state index in [1.54, 1.807) is 41.3 Å². The van der Waals surface area contributed by atoms with Crippen LogP contribution in [0.2, 0.25) is 0 Å². The van der Waals surface area contributed by atoms with E-state index in [9.17, 15) is 4.79 Å². The van der Waals surface area contributed by atoms with Crippen molar-refractivity contribution in [3.63, 3.8) is 0 Å². The molecule has 6 heteroatoms. The fourth-order valence-corrected chi connectivity index (χ4v) is 1.99. The minimum absolute atomic E-state index is 0.0331. The Morgan fingerprint density at radius 3 is 2.86 bits per heavy atom. The molecule has 0 spiro atoms. The van der Waals surface area contributed by atoms with E-state index in [-0.39, 0.29) is 12.5 Å². The third-order valence-corrected chi connectivity index (χ3v) is 3.57. The number of aliphatic hydroxyl groups excluding tert-OH is 1. The van der Waals surface area contributed by atoms with Crippen LogP contribution in [0.4, 0.5) is 0 Å². The molecule has 0 radical (unpaired) electrons. The first-order valence-electron chi connectivity index (χ1n) is 6.98. The van der Waals surface area contributed by atoms with Crippen LogP contribution in [0.5, 0.6) is 0 Å². The van der Waals surface area contributed by atoms with Gasteiger partial charge in [-0.3, -0.25) is 4.79 Å². The summed E-state index contributed by atoms with van der Waals surface area (Å²) in [5, 5.41) is 16.1. The van der Waals surface area contributed by atoms with E-state index >= 15 is 0 Å². The molecule has 21 heavy (non-hydrogen) atoms. The molecule has 0 aromatic carbocycles. The standard InChI is InChI=1S/C15H20N4O2/c1-3-15(2,8-11-20)18-14(21)12-6-4-7-13(17-12)19-10-5-9-16-19/h4-7,9-10,20H,3,8,11H2,1-2H3,(H,18,21). The van der Waals surface area contributed by atoms with Gasteiger partial charge >= 0.3 is 0 Å². The molecule has 0 aliphatic carbocycles. The molecule has 0 aliphatic rings. The van der Waals surface area contributed by atoms with Crippen molar-refractivity contribution in [1.82, 2.24) is 20.1 Å². The summed E-state index contributed by atoms with van der Waals surface area (Å²) >= 11 is 0. The summed E-state index contributed by atoms with van der Waals surface area (Å²) in [4.78, 5) is 16.7. The van der Waals surface area contributed by atoms with Gasteiger partial charge in [-0.15, -0.1) is 0 Å². The van der Waals surface area contributed by atoms with Gasteiger partial charge in [0.25, 0.3) is 5.91 Å². The lowest BCUT2D eigenvalue weighted by Crippen LogP contribution is -2.46. The highest BCUT2D eigenvalue weighted by Gasteiger charge is 2.24. The van der Waals surface area contributed by atoms with Gasteiger partial charge in [-0.2, -0.15) is 5.10 Å². The first-order valence-corrected chi connectivity index (χ1v) is 6.98. The van der Waals surface area contributed by atoms with E-state index in [4.69, 9.17) is 5.11 Å². The number of pyridine rings is 1. The molecule has 112 valence electrons. The quantitative estimate of drug-likeness (QED) is 0.845. The molecule has 6 nitrogen and oxygen atoms in total. The zero-order valence-electron chi connectivity index (χ0n) is 12.3. The van der Waals surface area contributed by atoms with Gasteiger partial charge in [0.15, 0.2) is 5.82 Å². The highest BCUT2D eigenvalue weighted by Crippen LogP contribution is 2.15. The lowest BCUT2D eigenvalue weighted by atomic mass is 9.94. The largest absolute Gasteiger partial charge is 0.396 e. The van der Waals surface area contributed by atoms with Crippen molar-refractivity contribution in [2.45, 2.75) is 32.2 Å². The summed E-state index contributed by atoms with van der Waals surface area (Å²) in [5.74, 6) is 0.342. The second kappa shape index (κ2) is 6.49. The van der Waals surface area contributed by atoms with Crippen LogP contribution in [0.15, 0.2) is 36.7 Å². The normalized spacial score (nSPS) is 13.7. The summed E-state index contributed by atoms with van der Waals surface area (Å²) in [6, 6.07) is 7.02. The fraction of sp³-hybridized carbons (Fsp3) is 0.400. The SMILES string of the molecule is CCC(C)(CCO)NC(=O)c1cccc(-n2cccn2)n1. The molecule has 0 saturated heterocycles. The Morgan fingerprint density at radius 2 is 2.24 bits per heavy atom. The zero-order chi connectivity index (χ0) is 15.3. The number of aromatic nitrogens is 3. The molecule has 0 fully saturated rings. The maximum Gasteiger partial charge on any atom is 0.270 e. The number of carbonyl (C=O) groups excluding carboxylic acids is 1. The van der Waals surface area contributed by atoms with Gasteiger partial charge in [0, 0.05) is 24.5 Å². The predicted octanol–water partition coefficient (Wildman–Crippen LogP) is 1.55. The number of hydrogen-bond acceptors (Lipinski definition) is 4. The van der Waals surface area contributed by atoms with Crippen molar-refractivity contribution in [2.24, 2.45) is 0 Å². The molecule has 0 bridgehead atoms. The molecule has 2 aromatic rings. The van der Waals surface area contributed by atoms with Crippen molar-refractivity contribution in [3.05, 3.63) is 42.4 Å². The van der Waals surface area contributed by atoms with Crippen LogP contribution >= 0.6 is 0 Å². The summed E-state index contributed by atoms with van der Waals surface area (Å²) < 4.78 is 1.60. The molecule has 1 amide bonds. The molecule has 2 aromatic heterocycles. The van der Waals surface area contributed by atoms with Crippen LogP contribution in [0.3, 0.4) is 0 Å². The minimum Gasteiger partial charge on any atom is -0.396 e. The second-order valence-electron chi connectivity index (χ2n) is 5.17. The van der Waals surface area contributed by atoms with Crippen LogP contribution in [0.25, 0.3) is 5.82 Å². The van der Waals surface area contributed by atoms with Gasteiger partial charge in [-0.05, 0) is 38.0 Å². The first kappa shape index (κ1) is 15.2. The van der Waals surface area contributed by atoms with E-state index in [0.717, 1.165) is 6.42 Å².